The van der Waals surface area contributed by atoms with Crippen LogP contribution in [0.25, 0.3) is 0 Å². The van der Waals surface area contributed by atoms with Crippen molar-refractivity contribution >= 4 is 27.6 Å². The summed E-state index contributed by atoms with van der Waals surface area (Å²) in [5.74, 6) is -0.807. The Hall–Kier alpha value is -1.26. The van der Waals surface area contributed by atoms with E-state index in [1.165, 1.54) is 19.3 Å². The second-order valence-corrected chi connectivity index (χ2v) is 18.2. The van der Waals surface area contributed by atoms with Gasteiger partial charge in [0.1, 0.15) is 12.7 Å². The summed E-state index contributed by atoms with van der Waals surface area (Å²) in [6.45, 7) is 3.64. The number of esters is 2. The van der Waals surface area contributed by atoms with E-state index in [-0.39, 0.29) is 24.7 Å². The Morgan fingerprint density at radius 2 is 1.30 bits per heavy atom. The van der Waals surface area contributed by atoms with Crippen LogP contribution in [0, 0.1) is 17.8 Å². The number of hydrogen-bond donors (Lipinski definition) is 7. The van der Waals surface area contributed by atoms with Gasteiger partial charge in [-0.25, -0.2) is 9.13 Å². The third kappa shape index (κ3) is 28.0. The molecular formula is C39H74O16P2. The molecule has 0 spiro atoms. The fourth-order valence-corrected chi connectivity index (χ4v) is 7.81. The quantitative estimate of drug-likeness (QED) is 0.0157. The Morgan fingerprint density at radius 3 is 1.95 bits per heavy atom. The lowest BCUT2D eigenvalue weighted by Gasteiger charge is -2.21. The van der Waals surface area contributed by atoms with Crippen LogP contribution < -0.4 is 0 Å². The van der Waals surface area contributed by atoms with Crippen LogP contribution in [0.2, 0.25) is 0 Å². The lowest BCUT2D eigenvalue weighted by molar-refractivity contribution is -0.161. The number of phosphoric ester groups is 2. The molecule has 0 bridgehead atoms. The number of hydrogen-bond acceptors (Lipinski definition) is 13. The molecule has 57 heavy (non-hydrogen) atoms. The van der Waals surface area contributed by atoms with Gasteiger partial charge in [-0.1, -0.05) is 116 Å². The summed E-state index contributed by atoms with van der Waals surface area (Å²) in [6, 6.07) is 0. The topological polar surface area (TPSA) is 256 Å². The van der Waals surface area contributed by atoms with E-state index in [1.54, 1.807) is 6.08 Å². The molecule has 0 aromatic rings. The molecule has 1 fully saturated rings. The van der Waals surface area contributed by atoms with Crippen molar-refractivity contribution in [2.24, 2.45) is 17.8 Å². The van der Waals surface area contributed by atoms with Crippen molar-refractivity contribution in [1.29, 1.82) is 0 Å². The number of aliphatic hydroxyl groups excluding tert-OH is 4. The summed E-state index contributed by atoms with van der Waals surface area (Å²) >= 11 is 0. The molecule has 16 nitrogen and oxygen atoms in total. The van der Waals surface area contributed by atoms with E-state index >= 15 is 0 Å². The molecule has 0 radical (unpaired) electrons. The van der Waals surface area contributed by atoms with Crippen LogP contribution in [0.15, 0.2) is 12.2 Å². The standard InChI is InChI=1S/C39H74O16P2/c1-4-6-13-19-31(40)23-24-35-34(36(42)25-37(35)43)20-15-11-12-16-21-38(44)51-28-33(29-54-57(49,50)53-27-32(41)26-52-56(46,47)48)55-39(45)22-17-10-8-7-9-14-18-30(3)5-2/h23-24,30-37,40-43H,4-22,25-29H2,1-3H3,(H,49,50)(H2,46,47,48)/b24-23+/t30?,31-,32-,33+,34+,35+,36-,37+/m0/s1. The Morgan fingerprint density at radius 1 is 0.719 bits per heavy atom. The minimum atomic E-state index is -4.89. The summed E-state index contributed by atoms with van der Waals surface area (Å²) in [7, 11) is -9.74. The highest BCUT2D eigenvalue weighted by Crippen LogP contribution is 2.44. The maximum Gasteiger partial charge on any atom is 0.472 e. The normalized spacial score (nSPS) is 21.9. The minimum absolute atomic E-state index is 0.0705. The predicted molar refractivity (Wildman–Crippen MR) is 214 cm³/mol. The fraction of sp³-hybridized carbons (Fsp3) is 0.897. The van der Waals surface area contributed by atoms with Gasteiger partial charge >= 0.3 is 27.6 Å². The smallest absolute Gasteiger partial charge is 0.462 e. The number of phosphoric acid groups is 2. The number of rotatable bonds is 35. The molecule has 9 atom stereocenters. The highest BCUT2D eigenvalue weighted by molar-refractivity contribution is 7.47. The van der Waals surface area contributed by atoms with E-state index in [0.29, 0.717) is 38.5 Å². The van der Waals surface area contributed by atoms with Gasteiger partial charge in [-0.3, -0.25) is 23.2 Å². The van der Waals surface area contributed by atoms with Gasteiger partial charge in [0.05, 0.1) is 38.1 Å². The summed E-state index contributed by atoms with van der Waals surface area (Å²) in [5.41, 5.74) is 0. The van der Waals surface area contributed by atoms with Gasteiger partial charge in [0.25, 0.3) is 0 Å². The predicted octanol–water partition coefficient (Wildman–Crippen LogP) is 6.41. The Balaban J connectivity index is 2.56. The molecule has 7 N–H and O–H groups in total. The van der Waals surface area contributed by atoms with Crippen molar-refractivity contribution < 1.29 is 76.9 Å². The van der Waals surface area contributed by atoms with Gasteiger partial charge in [0.2, 0.25) is 0 Å². The second-order valence-electron chi connectivity index (χ2n) is 15.5. The first-order valence-corrected chi connectivity index (χ1v) is 24.1. The molecule has 2 unspecified atom stereocenters. The van der Waals surface area contributed by atoms with Crippen LogP contribution in [-0.4, -0.2) is 104 Å². The molecule has 1 rings (SSSR count). The van der Waals surface area contributed by atoms with Crippen molar-refractivity contribution in [2.75, 3.05) is 26.4 Å². The first kappa shape index (κ1) is 53.8. The summed E-state index contributed by atoms with van der Waals surface area (Å²) in [5, 5.41) is 41.1. The van der Waals surface area contributed by atoms with Crippen LogP contribution in [0.5, 0.6) is 0 Å². The molecule has 1 saturated carbocycles. The highest BCUT2D eigenvalue weighted by atomic mass is 31.2. The molecule has 0 aromatic carbocycles. The van der Waals surface area contributed by atoms with E-state index in [0.717, 1.165) is 63.7 Å². The van der Waals surface area contributed by atoms with Crippen LogP contribution in [-0.2, 0) is 41.8 Å². The lowest BCUT2D eigenvalue weighted by atomic mass is 9.88. The average molecular weight is 861 g/mol. The summed E-state index contributed by atoms with van der Waals surface area (Å²) in [4.78, 5) is 52.8. The third-order valence-corrected chi connectivity index (χ3v) is 11.7. The van der Waals surface area contributed by atoms with E-state index < -0.39 is 84.5 Å². The molecule has 1 aliphatic carbocycles. The van der Waals surface area contributed by atoms with Crippen LogP contribution in [0.1, 0.15) is 149 Å². The first-order chi connectivity index (χ1) is 27.0. The molecule has 0 saturated heterocycles. The van der Waals surface area contributed by atoms with Gasteiger partial charge in [-0.05, 0) is 37.5 Å². The molecule has 18 heteroatoms. The zero-order valence-corrected chi connectivity index (χ0v) is 36.2. The van der Waals surface area contributed by atoms with E-state index in [4.69, 9.17) is 23.8 Å². The number of carbonyl (C=O) groups is 2. The van der Waals surface area contributed by atoms with Crippen LogP contribution in [0.3, 0.4) is 0 Å². The monoisotopic (exact) mass is 860 g/mol. The molecule has 0 heterocycles. The number of unbranched alkanes of at least 4 members (excludes halogenated alkanes) is 10. The van der Waals surface area contributed by atoms with Gasteiger partial charge in [0, 0.05) is 25.2 Å². The zero-order valence-electron chi connectivity index (χ0n) is 34.4. The van der Waals surface area contributed by atoms with Crippen molar-refractivity contribution in [2.45, 2.75) is 180 Å². The third-order valence-electron chi connectivity index (χ3n) is 10.3. The average Bonchev–Trinajstić information content (AvgIpc) is 3.42. The van der Waals surface area contributed by atoms with Crippen LogP contribution in [0.4, 0.5) is 0 Å². The van der Waals surface area contributed by atoms with Gasteiger partial charge in [-0.15, -0.1) is 0 Å². The van der Waals surface area contributed by atoms with Gasteiger partial charge in [-0.2, -0.15) is 0 Å². The molecular weight excluding hydrogens is 786 g/mol. The molecule has 0 aromatic heterocycles. The Bertz CT molecular complexity index is 1200. The van der Waals surface area contributed by atoms with Gasteiger partial charge in [0.15, 0.2) is 6.10 Å². The maximum atomic E-state index is 12.6. The fourth-order valence-electron chi connectivity index (χ4n) is 6.65. The second kappa shape index (κ2) is 30.7. The zero-order chi connectivity index (χ0) is 42.7. The van der Waals surface area contributed by atoms with E-state index in [9.17, 15) is 44.0 Å². The first-order valence-electron chi connectivity index (χ1n) is 21.0. The highest BCUT2D eigenvalue weighted by Gasteiger charge is 2.39. The van der Waals surface area contributed by atoms with Crippen molar-refractivity contribution in [1.82, 2.24) is 0 Å². The van der Waals surface area contributed by atoms with Crippen molar-refractivity contribution in [3.05, 3.63) is 12.2 Å². The van der Waals surface area contributed by atoms with Crippen molar-refractivity contribution in [3.63, 3.8) is 0 Å². The minimum Gasteiger partial charge on any atom is -0.462 e. The lowest BCUT2D eigenvalue weighted by Crippen LogP contribution is -2.30. The number of carbonyl (C=O) groups excluding carboxylic acids is 2. The number of ether oxygens (including phenoxy) is 2. The van der Waals surface area contributed by atoms with Crippen molar-refractivity contribution in [3.8, 4) is 0 Å². The van der Waals surface area contributed by atoms with E-state index in [1.807, 2.05) is 6.08 Å². The summed E-state index contributed by atoms with van der Waals surface area (Å²) in [6.07, 6.45) is 14.5. The van der Waals surface area contributed by atoms with Gasteiger partial charge < -0.3 is 44.6 Å². The van der Waals surface area contributed by atoms with E-state index in [2.05, 4.69) is 29.8 Å². The SMILES string of the molecule is CCCCC[C@H](O)/C=C/[C@@H]1[C@@H](CCCCCCC(=O)OC[C@H](COP(=O)(O)OC[C@@H](O)COP(=O)(O)O)OC(=O)CCCCCCCCC(C)CC)[C@@H](O)C[C@H]1O. The Kier molecular flexibility index (Phi) is 29.0. The molecule has 0 aliphatic heterocycles. The largest absolute Gasteiger partial charge is 0.472 e. The summed E-state index contributed by atoms with van der Waals surface area (Å²) < 4.78 is 47.7. The molecule has 336 valence electrons. The maximum absolute atomic E-state index is 12.6. The van der Waals surface area contributed by atoms with Crippen LogP contribution >= 0.6 is 15.6 Å². The number of aliphatic hydroxyl groups is 4. The molecule has 1 aliphatic rings. The molecule has 0 amide bonds. The Labute approximate surface area is 339 Å².